The molecule has 0 aliphatic heterocycles. The highest BCUT2D eigenvalue weighted by atomic mass is 127. The number of hydrogen-bond donors (Lipinski definition) is 4. The highest BCUT2D eigenvalue weighted by Gasteiger charge is 2.23. The highest BCUT2D eigenvalue weighted by molar-refractivity contribution is 14.1. The fourth-order valence-corrected chi connectivity index (χ4v) is 2.64. The Kier molecular flexibility index (Phi) is 9.48. The number of hydroxylamine groups is 1. The highest BCUT2D eigenvalue weighted by Crippen LogP contribution is 2.30. The van der Waals surface area contributed by atoms with Crippen LogP contribution in [0.5, 0.6) is 0 Å². The molecule has 0 unspecified atom stereocenters. The van der Waals surface area contributed by atoms with E-state index in [-0.39, 0.29) is 18.9 Å². The van der Waals surface area contributed by atoms with Gasteiger partial charge in [0, 0.05) is 9.13 Å². The maximum atomic E-state index is 14.8. The number of carbonyl (C=O) groups is 1. The van der Waals surface area contributed by atoms with Crippen molar-refractivity contribution >= 4 is 52.3 Å². The summed E-state index contributed by atoms with van der Waals surface area (Å²) in [4.78, 5) is 21.8. The number of benzene rings is 2. The first-order chi connectivity index (χ1) is 14.9. The Labute approximate surface area is 187 Å². The Morgan fingerprint density at radius 2 is 2.00 bits per heavy atom. The predicted molar refractivity (Wildman–Crippen MR) is 113 cm³/mol. The van der Waals surface area contributed by atoms with E-state index in [1.807, 2.05) is 28.1 Å². The van der Waals surface area contributed by atoms with Crippen LogP contribution in [0.15, 0.2) is 34.6 Å². The first-order valence-corrected chi connectivity index (χ1v) is 9.55. The summed E-state index contributed by atoms with van der Waals surface area (Å²) in [5, 5.41) is 25.4. The van der Waals surface area contributed by atoms with Gasteiger partial charge < -0.3 is 20.5 Å². The van der Waals surface area contributed by atoms with Crippen molar-refractivity contribution in [3.05, 3.63) is 56.4 Å². The average molecular weight is 552 g/mol. The molecule has 0 atom stereocenters. The minimum absolute atomic E-state index is 0.197. The molecule has 0 aromatic heterocycles. The molecule has 0 radical (unpaired) electrons. The number of nitrogens with one attached hydrogen (secondary N) is 2. The lowest BCUT2D eigenvalue weighted by Crippen LogP contribution is -2.26. The number of aliphatic hydroxyl groups is 1. The number of halogens is 4. The zero-order valence-electron chi connectivity index (χ0n) is 15.6. The number of rotatable bonds is 10. The second-order valence-electron chi connectivity index (χ2n) is 5.60. The van der Waals surface area contributed by atoms with Crippen LogP contribution in [0.2, 0.25) is 0 Å². The van der Waals surface area contributed by atoms with E-state index < -0.39 is 46.8 Å². The lowest BCUT2D eigenvalue weighted by Gasteiger charge is -2.15. The van der Waals surface area contributed by atoms with Crippen LogP contribution in [0.4, 0.5) is 24.5 Å². The summed E-state index contributed by atoms with van der Waals surface area (Å²) >= 11 is 1.88. The minimum Gasteiger partial charge on any atom is -0.411 e. The van der Waals surface area contributed by atoms with Crippen LogP contribution < -0.4 is 10.8 Å². The Morgan fingerprint density at radius 1 is 1.23 bits per heavy atom. The number of nitrogens with zero attached hydrogens (tertiary/aromatic N) is 2. The van der Waals surface area contributed by atoms with E-state index in [0.717, 1.165) is 24.6 Å². The lowest BCUT2D eigenvalue weighted by molar-refractivity contribution is 0.0168. The molecule has 2 aromatic carbocycles. The van der Waals surface area contributed by atoms with Crippen LogP contribution in [0.3, 0.4) is 0 Å². The fourth-order valence-electron chi connectivity index (χ4n) is 2.19. The summed E-state index contributed by atoms with van der Waals surface area (Å²) in [5.41, 5.74) is 0.226. The number of oxime groups is 2. The van der Waals surface area contributed by atoms with Crippen molar-refractivity contribution in [1.29, 1.82) is 0 Å². The molecule has 4 N–H and O–H groups in total. The van der Waals surface area contributed by atoms with Gasteiger partial charge in [-0.05, 0) is 46.9 Å². The van der Waals surface area contributed by atoms with Crippen LogP contribution in [0.1, 0.15) is 15.9 Å². The van der Waals surface area contributed by atoms with Crippen LogP contribution in [-0.4, -0.2) is 48.5 Å². The maximum absolute atomic E-state index is 14.8. The second-order valence-corrected chi connectivity index (χ2v) is 6.84. The molecule has 0 fully saturated rings. The summed E-state index contributed by atoms with van der Waals surface area (Å²) in [6, 6.07) is 4.92. The molecule has 2 aromatic rings. The largest absolute Gasteiger partial charge is 0.411 e. The quantitative estimate of drug-likeness (QED) is 0.118. The summed E-state index contributed by atoms with van der Waals surface area (Å²) in [7, 11) is 0. The molecule has 0 bridgehead atoms. The number of amides is 1. The van der Waals surface area contributed by atoms with Crippen molar-refractivity contribution in [2.75, 3.05) is 25.1 Å². The summed E-state index contributed by atoms with van der Waals surface area (Å²) in [6.45, 7) is -0.896. The Morgan fingerprint density at radius 3 is 2.68 bits per heavy atom. The van der Waals surface area contributed by atoms with Gasteiger partial charge in [0.1, 0.15) is 5.82 Å². The molecule has 0 aliphatic rings. The van der Waals surface area contributed by atoms with Crippen molar-refractivity contribution in [3.63, 3.8) is 0 Å². The maximum Gasteiger partial charge on any atom is 0.277 e. The van der Waals surface area contributed by atoms with Gasteiger partial charge in [0.2, 0.25) is 0 Å². The molecule has 0 saturated carbocycles. The number of carbonyl (C=O) groups excluding carboxylic acids is 1. The van der Waals surface area contributed by atoms with Gasteiger partial charge >= 0.3 is 0 Å². The smallest absolute Gasteiger partial charge is 0.277 e. The van der Waals surface area contributed by atoms with Gasteiger partial charge in [-0.2, -0.15) is 0 Å². The SMILES string of the molecule is O=C(NOCCO)c1cc(/C=N/OC/C=N/O)c(F)c(F)c1Nc1ccc(I)cc1F. The zero-order chi connectivity index (χ0) is 22.8. The third-order valence-electron chi connectivity index (χ3n) is 3.53. The molecule has 31 heavy (non-hydrogen) atoms. The van der Waals surface area contributed by atoms with E-state index in [1.54, 1.807) is 0 Å². The van der Waals surface area contributed by atoms with Gasteiger partial charge in [-0.1, -0.05) is 10.3 Å². The third-order valence-corrected chi connectivity index (χ3v) is 4.20. The topological polar surface area (TPSA) is 125 Å². The predicted octanol–water partition coefficient (Wildman–Crippen LogP) is 2.92. The van der Waals surface area contributed by atoms with Gasteiger partial charge in [-0.3, -0.25) is 9.63 Å². The third kappa shape index (κ3) is 6.80. The van der Waals surface area contributed by atoms with Crippen LogP contribution in [-0.2, 0) is 9.68 Å². The van der Waals surface area contributed by atoms with Gasteiger partial charge in [0.25, 0.3) is 5.91 Å². The monoisotopic (exact) mass is 552 g/mol. The number of aliphatic hydroxyl groups excluding tert-OH is 1. The van der Waals surface area contributed by atoms with Crippen molar-refractivity contribution < 1.29 is 38.0 Å². The molecule has 0 heterocycles. The van der Waals surface area contributed by atoms with E-state index >= 15 is 0 Å². The molecule has 0 saturated heterocycles. The standard InChI is InChI=1S/C18H16F3IN4O5/c19-13-8-11(22)1-2-14(13)25-17-12(18(28)26-31-6-4-27)7-10(15(20)16(17)21)9-24-30-5-3-23-29/h1-3,7-9,25,27,29H,4-6H2,(H,26,28)/b23-3+,24-9+. The average Bonchev–Trinajstić information content (AvgIpc) is 2.74. The molecule has 9 nitrogen and oxygen atoms in total. The number of hydrogen-bond acceptors (Lipinski definition) is 8. The van der Waals surface area contributed by atoms with Gasteiger partial charge in [-0.15, -0.1) is 0 Å². The van der Waals surface area contributed by atoms with Crippen molar-refractivity contribution in [3.8, 4) is 0 Å². The fraction of sp³-hybridized carbons (Fsp3) is 0.167. The lowest BCUT2D eigenvalue weighted by atomic mass is 10.1. The molecular formula is C18H16F3IN4O5. The van der Waals surface area contributed by atoms with E-state index in [1.165, 1.54) is 12.1 Å². The Balaban J connectivity index is 2.45. The zero-order valence-corrected chi connectivity index (χ0v) is 17.8. The summed E-state index contributed by atoms with van der Waals surface area (Å²) < 4.78 is 44.1. The van der Waals surface area contributed by atoms with Crippen LogP contribution >= 0.6 is 22.6 Å². The minimum atomic E-state index is -1.48. The van der Waals surface area contributed by atoms with Crippen molar-refractivity contribution in [2.45, 2.75) is 0 Å². The van der Waals surface area contributed by atoms with Crippen LogP contribution in [0.25, 0.3) is 0 Å². The normalized spacial score (nSPS) is 11.3. The van der Waals surface area contributed by atoms with E-state index in [9.17, 15) is 18.0 Å². The van der Waals surface area contributed by atoms with Crippen LogP contribution in [0, 0.1) is 21.0 Å². The molecular weight excluding hydrogens is 536 g/mol. The first-order valence-electron chi connectivity index (χ1n) is 8.47. The first kappa shape index (κ1) is 24.4. The van der Waals surface area contributed by atoms with E-state index in [2.05, 4.69) is 20.5 Å². The van der Waals surface area contributed by atoms with Crippen molar-refractivity contribution in [2.24, 2.45) is 10.3 Å². The molecule has 0 aliphatic carbocycles. The molecule has 2 rings (SSSR count). The van der Waals surface area contributed by atoms with Gasteiger partial charge in [0.05, 0.1) is 42.6 Å². The van der Waals surface area contributed by atoms with E-state index in [0.29, 0.717) is 3.57 Å². The molecule has 0 spiro atoms. The molecule has 13 heteroatoms. The molecule has 166 valence electrons. The summed E-state index contributed by atoms with van der Waals surface area (Å²) in [5.74, 6) is -4.61. The Bertz CT molecular complexity index is 991. The molecule has 1 amide bonds. The van der Waals surface area contributed by atoms with Gasteiger partial charge in [-0.25, -0.2) is 18.7 Å². The van der Waals surface area contributed by atoms with Gasteiger partial charge in [0.15, 0.2) is 18.2 Å². The Hall–Kier alpha value is -2.91. The van der Waals surface area contributed by atoms with E-state index in [4.69, 9.17) is 15.2 Å². The second kappa shape index (κ2) is 12.1. The number of anilines is 2. The summed E-state index contributed by atoms with van der Waals surface area (Å²) in [6.07, 6.45) is 1.75. The van der Waals surface area contributed by atoms with Crippen molar-refractivity contribution in [1.82, 2.24) is 5.48 Å².